The molecule has 1 aliphatic rings. The highest BCUT2D eigenvalue weighted by Gasteiger charge is 2.19. The third-order valence-corrected chi connectivity index (χ3v) is 4.19. The van der Waals surface area contributed by atoms with E-state index in [2.05, 4.69) is 37.4 Å². The number of aromatic nitrogens is 1. The zero-order chi connectivity index (χ0) is 14.2. The number of nitrogens with zero attached hydrogens (tertiary/aromatic N) is 1. The molecule has 0 saturated heterocycles. The van der Waals surface area contributed by atoms with Crippen LogP contribution in [-0.2, 0) is 6.42 Å². The van der Waals surface area contributed by atoms with Crippen molar-refractivity contribution < 1.29 is 0 Å². The standard InChI is InChI=1S/C18H28N2/c1-3-15-13-10-14-20-17(15)18(19-4-2)16-11-8-6-5-7-9-12-16/h10-11,13-14,18-19H,3-9,12H2,1-2H3/b16-11+. The number of aryl methyl sites for hydroxylation is 1. The zero-order valence-corrected chi connectivity index (χ0v) is 13.0. The Morgan fingerprint density at radius 3 is 2.85 bits per heavy atom. The van der Waals surface area contributed by atoms with Crippen LogP contribution in [-0.4, -0.2) is 11.5 Å². The maximum absolute atomic E-state index is 4.69. The lowest BCUT2D eigenvalue weighted by Crippen LogP contribution is -2.25. The smallest absolute Gasteiger partial charge is 0.0713 e. The minimum Gasteiger partial charge on any atom is -0.306 e. The average molecular weight is 272 g/mol. The number of nitrogens with one attached hydrogen (secondary N) is 1. The summed E-state index contributed by atoms with van der Waals surface area (Å²) >= 11 is 0. The maximum Gasteiger partial charge on any atom is 0.0713 e. The second-order valence-corrected chi connectivity index (χ2v) is 5.62. The van der Waals surface area contributed by atoms with Crippen LogP contribution >= 0.6 is 0 Å². The van der Waals surface area contributed by atoms with Crippen LogP contribution in [0.15, 0.2) is 30.0 Å². The van der Waals surface area contributed by atoms with Crippen molar-refractivity contribution in [2.75, 3.05) is 6.54 Å². The summed E-state index contributed by atoms with van der Waals surface area (Å²) in [6.07, 6.45) is 13.3. The van der Waals surface area contributed by atoms with E-state index in [4.69, 9.17) is 4.98 Å². The van der Waals surface area contributed by atoms with E-state index in [9.17, 15) is 0 Å². The Bertz CT molecular complexity index is 437. The summed E-state index contributed by atoms with van der Waals surface area (Å²) in [7, 11) is 0. The topological polar surface area (TPSA) is 24.9 Å². The third-order valence-electron chi connectivity index (χ3n) is 4.19. The summed E-state index contributed by atoms with van der Waals surface area (Å²) in [6, 6.07) is 4.59. The van der Waals surface area contributed by atoms with Crippen LogP contribution in [0.4, 0.5) is 0 Å². The second kappa shape index (κ2) is 8.21. The number of hydrogen-bond donors (Lipinski definition) is 1. The van der Waals surface area contributed by atoms with Crippen LogP contribution in [0.5, 0.6) is 0 Å². The van der Waals surface area contributed by atoms with Crippen molar-refractivity contribution in [3.63, 3.8) is 0 Å². The molecular weight excluding hydrogens is 244 g/mol. The molecule has 0 aliphatic heterocycles. The summed E-state index contributed by atoms with van der Waals surface area (Å²) in [4.78, 5) is 4.69. The summed E-state index contributed by atoms with van der Waals surface area (Å²) in [5.41, 5.74) is 4.17. The Morgan fingerprint density at radius 1 is 1.20 bits per heavy atom. The van der Waals surface area contributed by atoms with E-state index in [1.165, 1.54) is 49.8 Å². The summed E-state index contributed by atoms with van der Waals surface area (Å²) in [6.45, 7) is 5.39. The van der Waals surface area contributed by atoms with Gasteiger partial charge in [-0.3, -0.25) is 4.98 Å². The molecule has 2 nitrogen and oxygen atoms in total. The molecule has 110 valence electrons. The second-order valence-electron chi connectivity index (χ2n) is 5.62. The van der Waals surface area contributed by atoms with Crippen LogP contribution in [0.25, 0.3) is 0 Å². The number of likely N-dealkylation sites (N-methyl/N-ethyl adjacent to an activating group) is 1. The van der Waals surface area contributed by atoms with E-state index in [0.717, 1.165) is 13.0 Å². The van der Waals surface area contributed by atoms with E-state index < -0.39 is 0 Å². The summed E-state index contributed by atoms with van der Waals surface area (Å²) in [5.74, 6) is 0. The lowest BCUT2D eigenvalue weighted by atomic mass is 9.91. The lowest BCUT2D eigenvalue weighted by Gasteiger charge is -2.24. The van der Waals surface area contributed by atoms with E-state index in [-0.39, 0.29) is 0 Å². The molecule has 1 aromatic rings. The van der Waals surface area contributed by atoms with Crippen molar-refractivity contribution in [1.29, 1.82) is 0 Å². The van der Waals surface area contributed by atoms with Crippen LogP contribution in [0, 0.1) is 0 Å². The quantitative estimate of drug-likeness (QED) is 0.794. The summed E-state index contributed by atoms with van der Waals surface area (Å²) in [5, 5.41) is 3.66. The van der Waals surface area contributed by atoms with Gasteiger partial charge < -0.3 is 5.32 Å². The normalized spacial score (nSPS) is 20.6. The first kappa shape index (κ1) is 15.2. The van der Waals surface area contributed by atoms with Gasteiger partial charge in [0.1, 0.15) is 0 Å². The zero-order valence-electron chi connectivity index (χ0n) is 13.0. The van der Waals surface area contributed by atoms with Gasteiger partial charge in [0.15, 0.2) is 0 Å². The molecule has 1 aromatic heterocycles. The molecule has 1 aliphatic carbocycles. The Labute approximate surface area is 123 Å². The molecule has 1 atom stereocenters. The molecule has 0 radical (unpaired) electrons. The summed E-state index contributed by atoms with van der Waals surface area (Å²) < 4.78 is 0. The van der Waals surface area contributed by atoms with E-state index in [1.54, 1.807) is 5.57 Å². The first-order valence-corrected chi connectivity index (χ1v) is 8.22. The van der Waals surface area contributed by atoms with Gasteiger partial charge in [-0.15, -0.1) is 0 Å². The fourth-order valence-electron chi connectivity index (χ4n) is 3.10. The molecule has 20 heavy (non-hydrogen) atoms. The Kier molecular flexibility index (Phi) is 6.25. The molecule has 0 aromatic carbocycles. The van der Waals surface area contributed by atoms with E-state index in [1.807, 2.05) is 6.20 Å². The van der Waals surface area contributed by atoms with Gasteiger partial charge in [-0.05, 0) is 50.3 Å². The highest BCUT2D eigenvalue weighted by atomic mass is 14.9. The highest BCUT2D eigenvalue weighted by molar-refractivity contribution is 5.30. The fourth-order valence-corrected chi connectivity index (χ4v) is 3.10. The van der Waals surface area contributed by atoms with Crippen LogP contribution in [0.3, 0.4) is 0 Å². The Morgan fingerprint density at radius 2 is 2.05 bits per heavy atom. The van der Waals surface area contributed by atoms with Crippen molar-refractivity contribution in [2.24, 2.45) is 0 Å². The van der Waals surface area contributed by atoms with Gasteiger partial charge in [0.2, 0.25) is 0 Å². The van der Waals surface area contributed by atoms with Gasteiger partial charge in [-0.1, -0.05) is 44.4 Å². The number of allylic oxidation sites excluding steroid dienone is 1. The van der Waals surface area contributed by atoms with Crippen molar-refractivity contribution in [2.45, 2.75) is 64.8 Å². The van der Waals surface area contributed by atoms with Crippen molar-refractivity contribution in [3.05, 3.63) is 41.2 Å². The Hall–Kier alpha value is -1.15. The molecule has 1 heterocycles. The maximum atomic E-state index is 4.69. The third kappa shape index (κ3) is 3.92. The SMILES string of the molecule is CCNC(/C1=C/CCCCCC1)c1ncccc1CC. The van der Waals surface area contributed by atoms with Crippen molar-refractivity contribution in [1.82, 2.24) is 10.3 Å². The van der Waals surface area contributed by atoms with Crippen LogP contribution in [0.1, 0.15) is 69.7 Å². The van der Waals surface area contributed by atoms with Crippen molar-refractivity contribution >= 4 is 0 Å². The molecule has 0 spiro atoms. The van der Waals surface area contributed by atoms with Gasteiger partial charge in [0.25, 0.3) is 0 Å². The predicted octanol–water partition coefficient (Wildman–Crippen LogP) is 4.58. The number of hydrogen-bond acceptors (Lipinski definition) is 2. The monoisotopic (exact) mass is 272 g/mol. The van der Waals surface area contributed by atoms with Crippen molar-refractivity contribution in [3.8, 4) is 0 Å². The molecule has 0 fully saturated rings. The molecule has 2 heteroatoms. The predicted molar refractivity (Wildman–Crippen MR) is 85.8 cm³/mol. The number of pyridine rings is 1. The lowest BCUT2D eigenvalue weighted by molar-refractivity contribution is 0.543. The largest absolute Gasteiger partial charge is 0.306 e. The first-order chi connectivity index (χ1) is 9.86. The molecule has 0 bridgehead atoms. The molecule has 0 saturated carbocycles. The van der Waals surface area contributed by atoms with Gasteiger partial charge in [-0.2, -0.15) is 0 Å². The minimum absolute atomic E-state index is 0.314. The Balaban J connectivity index is 2.29. The van der Waals surface area contributed by atoms with Crippen LogP contribution < -0.4 is 5.32 Å². The molecule has 1 unspecified atom stereocenters. The average Bonchev–Trinajstić information content (AvgIpc) is 2.45. The first-order valence-electron chi connectivity index (χ1n) is 8.22. The molecule has 0 amide bonds. The molecular formula is C18H28N2. The van der Waals surface area contributed by atoms with Gasteiger partial charge >= 0.3 is 0 Å². The fraction of sp³-hybridized carbons (Fsp3) is 0.611. The molecule has 2 rings (SSSR count). The van der Waals surface area contributed by atoms with E-state index >= 15 is 0 Å². The van der Waals surface area contributed by atoms with Gasteiger partial charge in [-0.25, -0.2) is 0 Å². The van der Waals surface area contributed by atoms with Gasteiger partial charge in [0.05, 0.1) is 11.7 Å². The highest BCUT2D eigenvalue weighted by Crippen LogP contribution is 2.29. The molecule has 1 N–H and O–H groups in total. The van der Waals surface area contributed by atoms with Gasteiger partial charge in [0, 0.05) is 6.20 Å². The minimum atomic E-state index is 0.314. The van der Waals surface area contributed by atoms with Crippen LogP contribution in [0.2, 0.25) is 0 Å². The van der Waals surface area contributed by atoms with E-state index in [0.29, 0.717) is 6.04 Å². The number of rotatable bonds is 5.